The Labute approximate surface area is 182 Å². The number of carbonyl (C=O) groups excluding carboxylic acids is 1. The molecule has 1 N–H and O–H groups in total. The molecule has 1 aromatic carbocycles. The molecular formula is C27H39NO2. The van der Waals surface area contributed by atoms with Gasteiger partial charge in [0.15, 0.2) is 0 Å². The molecule has 0 saturated heterocycles. The first kappa shape index (κ1) is 20.5. The fourth-order valence-electron chi connectivity index (χ4n) is 7.72. The third-order valence-electron chi connectivity index (χ3n) is 9.01. The first-order valence-corrected chi connectivity index (χ1v) is 12.4. The van der Waals surface area contributed by atoms with Crippen molar-refractivity contribution in [2.24, 2.45) is 29.6 Å². The zero-order chi connectivity index (χ0) is 20.9. The van der Waals surface area contributed by atoms with E-state index in [-0.39, 0.29) is 17.1 Å². The lowest BCUT2D eigenvalue weighted by Gasteiger charge is -2.48. The molecule has 164 valence electrons. The summed E-state index contributed by atoms with van der Waals surface area (Å²) in [5, 5.41) is 3.54. The molecule has 4 aliphatic rings. The molecule has 1 aliphatic heterocycles. The average Bonchev–Trinajstić information content (AvgIpc) is 3.05. The van der Waals surface area contributed by atoms with Gasteiger partial charge in [0.05, 0.1) is 12.2 Å². The van der Waals surface area contributed by atoms with Crippen LogP contribution in [0.3, 0.4) is 0 Å². The van der Waals surface area contributed by atoms with Gasteiger partial charge in [0.1, 0.15) is 0 Å². The minimum Gasteiger partial charge on any atom is -0.366 e. The molecule has 3 saturated carbocycles. The van der Waals surface area contributed by atoms with Crippen molar-refractivity contribution in [3.05, 3.63) is 35.4 Å². The Hall–Kier alpha value is -1.35. The molecular weight excluding hydrogens is 370 g/mol. The van der Waals surface area contributed by atoms with Crippen molar-refractivity contribution < 1.29 is 9.53 Å². The van der Waals surface area contributed by atoms with E-state index in [0.29, 0.717) is 11.8 Å². The van der Waals surface area contributed by atoms with Crippen molar-refractivity contribution in [2.75, 3.05) is 0 Å². The highest BCUT2D eigenvalue weighted by Crippen LogP contribution is 2.50. The van der Waals surface area contributed by atoms with Gasteiger partial charge in [-0.05, 0) is 99.5 Å². The molecule has 3 nitrogen and oxygen atoms in total. The standard InChI is InChI=1S/C27H39NO2/c1-18-12-20-14-21(13-18)16-26(3,15-20)28-25(29)19(2)22-8-10-27(11-9-22)24-7-5-4-6-23(24)17-30-27/h4-7,18-22H,8-17H2,1-3H3,(H,28,29). The Morgan fingerprint density at radius 1 is 1.10 bits per heavy atom. The van der Waals surface area contributed by atoms with Crippen molar-refractivity contribution in [2.45, 2.75) is 96.3 Å². The lowest BCUT2D eigenvalue weighted by atomic mass is 9.62. The van der Waals surface area contributed by atoms with E-state index >= 15 is 0 Å². The van der Waals surface area contributed by atoms with Gasteiger partial charge in [-0.3, -0.25) is 4.79 Å². The summed E-state index contributed by atoms with van der Waals surface area (Å²) in [4.78, 5) is 13.3. The summed E-state index contributed by atoms with van der Waals surface area (Å²) < 4.78 is 6.33. The first-order chi connectivity index (χ1) is 14.4. The van der Waals surface area contributed by atoms with E-state index in [0.717, 1.165) is 50.0 Å². The summed E-state index contributed by atoms with van der Waals surface area (Å²) in [6.07, 6.45) is 10.7. The lowest BCUT2D eigenvalue weighted by molar-refractivity contribution is -0.131. The van der Waals surface area contributed by atoms with Crippen LogP contribution in [0.2, 0.25) is 0 Å². The largest absolute Gasteiger partial charge is 0.366 e. The number of hydrogen-bond donors (Lipinski definition) is 1. The minimum atomic E-state index is -0.0905. The summed E-state index contributed by atoms with van der Waals surface area (Å²) >= 11 is 0. The Balaban J connectivity index is 1.19. The second-order valence-corrected chi connectivity index (χ2v) is 11.6. The van der Waals surface area contributed by atoms with Crippen LogP contribution < -0.4 is 5.32 Å². The fraction of sp³-hybridized carbons (Fsp3) is 0.741. The first-order valence-electron chi connectivity index (χ1n) is 12.4. The van der Waals surface area contributed by atoms with Gasteiger partial charge < -0.3 is 10.1 Å². The van der Waals surface area contributed by atoms with Crippen molar-refractivity contribution in [1.82, 2.24) is 5.32 Å². The van der Waals surface area contributed by atoms with E-state index in [2.05, 4.69) is 50.4 Å². The van der Waals surface area contributed by atoms with Crippen LogP contribution in [0.5, 0.6) is 0 Å². The normalized spacial score (nSPS) is 41.3. The van der Waals surface area contributed by atoms with Crippen LogP contribution >= 0.6 is 0 Å². The zero-order valence-electron chi connectivity index (χ0n) is 19.1. The number of nitrogens with one attached hydrogen (secondary N) is 1. The molecule has 5 rings (SSSR count). The Morgan fingerprint density at radius 3 is 2.47 bits per heavy atom. The SMILES string of the molecule is CC1CC2CC(C1)CC(C)(NC(=O)C(C)C1CCC3(CC1)OCc1ccccc13)C2. The molecule has 1 spiro atoms. The molecule has 1 amide bonds. The predicted molar refractivity (Wildman–Crippen MR) is 120 cm³/mol. The van der Waals surface area contributed by atoms with Crippen molar-refractivity contribution in [3.63, 3.8) is 0 Å². The molecule has 3 fully saturated rings. The third-order valence-corrected chi connectivity index (χ3v) is 9.01. The monoisotopic (exact) mass is 409 g/mol. The number of carbonyl (C=O) groups is 1. The molecule has 1 heterocycles. The van der Waals surface area contributed by atoms with Gasteiger partial charge in [0.25, 0.3) is 0 Å². The highest BCUT2D eigenvalue weighted by molar-refractivity contribution is 5.79. The van der Waals surface area contributed by atoms with Crippen LogP contribution in [0.15, 0.2) is 24.3 Å². The van der Waals surface area contributed by atoms with Crippen LogP contribution in [0, 0.1) is 29.6 Å². The van der Waals surface area contributed by atoms with E-state index in [9.17, 15) is 4.79 Å². The average molecular weight is 410 g/mol. The van der Waals surface area contributed by atoms with Gasteiger partial charge in [-0.2, -0.15) is 0 Å². The smallest absolute Gasteiger partial charge is 0.223 e. The predicted octanol–water partition coefficient (Wildman–Crippen LogP) is 5.96. The van der Waals surface area contributed by atoms with Gasteiger partial charge in [0.2, 0.25) is 5.91 Å². The fourth-order valence-corrected chi connectivity index (χ4v) is 7.72. The van der Waals surface area contributed by atoms with E-state index < -0.39 is 0 Å². The Kier molecular flexibility index (Phi) is 5.24. The number of hydrogen-bond acceptors (Lipinski definition) is 2. The molecule has 2 bridgehead atoms. The molecule has 30 heavy (non-hydrogen) atoms. The minimum absolute atomic E-state index is 0.00244. The maximum atomic E-state index is 13.3. The molecule has 3 aliphatic carbocycles. The summed E-state index contributed by atoms with van der Waals surface area (Å²) in [5.41, 5.74) is 2.66. The van der Waals surface area contributed by atoms with Crippen molar-refractivity contribution in [1.29, 1.82) is 0 Å². The molecule has 3 atom stereocenters. The van der Waals surface area contributed by atoms with Crippen molar-refractivity contribution >= 4 is 5.91 Å². The van der Waals surface area contributed by atoms with Gasteiger partial charge in [-0.15, -0.1) is 0 Å². The van der Waals surface area contributed by atoms with E-state index in [1.807, 2.05) is 0 Å². The summed E-state index contributed by atoms with van der Waals surface area (Å²) in [5.74, 6) is 3.34. The van der Waals surface area contributed by atoms with Gasteiger partial charge in [-0.25, -0.2) is 0 Å². The maximum absolute atomic E-state index is 13.3. The Bertz CT molecular complexity index is 776. The second kappa shape index (κ2) is 7.65. The van der Waals surface area contributed by atoms with E-state index in [1.165, 1.54) is 43.2 Å². The zero-order valence-corrected chi connectivity index (χ0v) is 19.1. The summed E-state index contributed by atoms with van der Waals surface area (Å²) in [7, 11) is 0. The number of rotatable bonds is 3. The number of amides is 1. The highest BCUT2D eigenvalue weighted by Gasteiger charge is 2.46. The summed E-state index contributed by atoms with van der Waals surface area (Å²) in [6.45, 7) is 7.63. The number of ether oxygens (including phenoxy) is 1. The second-order valence-electron chi connectivity index (χ2n) is 11.6. The molecule has 3 heteroatoms. The molecule has 1 aromatic rings. The highest BCUT2D eigenvalue weighted by atomic mass is 16.5. The lowest BCUT2D eigenvalue weighted by Crippen LogP contribution is -2.54. The number of fused-ring (bicyclic) bond motifs is 4. The molecule has 0 radical (unpaired) electrons. The maximum Gasteiger partial charge on any atom is 0.223 e. The van der Waals surface area contributed by atoms with Crippen LogP contribution in [0.4, 0.5) is 0 Å². The van der Waals surface area contributed by atoms with E-state index in [4.69, 9.17) is 4.74 Å². The van der Waals surface area contributed by atoms with Gasteiger partial charge >= 0.3 is 0 Å². The quantitative estimate of drug-likeness (QED) is 0.669. The third kappa shape index (κ3) is 3.72. The molecule has 3 unspecified atom stereocenters. The van der Waals surface area contributed by atoms with E-state index in [1.54, 1.807) is 0 Å². The molecule has 0 aromatic heterocycles. The van der Waals surface area contributed by atoms with Crippen LogP contribution in [0.25, 0.3) is 0 Å². The Morgan fingerprint density at radius 2 is 1.77 bits per heavy atom. The van der Waals surface area contributed by atoms with Crippen LogP contribution in [-0.2, 0) is 21.7 Å². The topological polar surface area (TPSA) is 38.3 Å². The van der Waals surface area contributed by atoms with Crippen molar-refractivity contribution in [3.8, 4) is 0 Å². The van der Waals surface area contributed by atoms with Crippen LogP contribution in [0.1, 0.15) is 89.7 Å². The van der Waals surface area contributed by atoms with Gasteiger partial charge in [-0.1, -0.05) is 38.1 Å². The number of benzene rings is 1. The van der Waals surface area contributed by atoms with Crippen LogP contribution in [-0.4, -0.2) is 11.4 Å². The summed E-state index contributed by atoms with van der Waals surface area (Å²) in [6, 6.07) is 8.70. The van der Waals surface area contributed by atoms with Gasteiger partial charge in [0, 0.05) is 11.5 Å².